The minimum absolute atomic E-state index is 0.723. The van der Waals surface area contributed by atoms with Gasteiger partial charge in [0.1, 0.15) is 5.82 Å². The van der Waals surface area contributed by atoms with Crippen molar-refractivity contribution in [1.82, 2.24) is 9.97 Å². The minimum atomic E-state index is 0.723. The molecule has 2 atom stereocenters. The van der Waals surface area contributed by atoms with Crippen molar-refractivity contribution in [3.63, 3.8) is 0 Å². The monoisotopic (exact) mass is 234 g/mol. The van der Waals surface area contributed by atoms with Crippen LogP contribution in [0, 0.1) is 18.8 Å². The highest BCUT2D eigenvalue weighted by Crippen LogP contribution is 2.24. The van der Waals surface area contributed by atoms with Crippen LogP contribution in [0.5, 0.6) is 0 Å². The molecule has 1 fully saturated rings. The van der Waals surface area contributed by atoms with Crippen LogP contribution in [0.1, 0.15) is 26.0 Å². The van der Waals surface area contributed by atoms with Gasteiger partial charge in [-0.1, -0.05) is 13.8 Å². The lowest BCUT2D eigenvalue weighted by atomic mass is 9.92. The molecule has 0 unspecified atom stereocenters. The first-order chi connectivity index (χ1) is 8.08. The zero-order chi connectivity index (χ0) is 12.4. The van der Waals surface area contributed by atoms with E-state index in [0.717, 1.165) is 42.4 Å². The Morgan fingerprint density at radius 2 is 1.88 bits per heavy atom. The number of anilines is 2. The predicted octanol–water partition coefficient (Wildman–Crippen LogP) is 2.31. The molecule has 1 N–H and O–H groups in total. The third-order valence-corrected chi connectivity index (χ3v) is 3.25. The Bertz CT molecular complexity index is 381. The van der Waals surface area contributed by atoms with E-state index in [1.807, 2.05) is 20.0 Å². The van der Waals surface area contributed by atoms with Crippen molar-refractivity contribution in [3.8, 4) is 0 Å². The van der Waals surface area contributed by atoms with Crippen LogP contribution < -0.4 is 10.2 Å². The summed E-state index contributed by atoms with van der Waals surface area (Å²) in [6.45, 7) is 8.76. The maximum Gasteiger partial charge on any atom is 0.227 e. The van der Waals surface area contributed by atoms with E-state index in [9.17, 15) is 0 Å². The van der Waals surface area contributed by atoms with Gasteiger partial charge in [0, 0.05) is 31.9 Å². The molecule has 0 saturated carbocycles. The van der Waals surface area contributed by atoms with Crippen LogP contribution in [0.15, 0.2) is 6.07 Å². The molecule has 1 saturated heterocycles. The van der Waals surface area contributed by atoms with E-state index in [2.05, 4.69) is 34.0 Å². The largest absolute Gasteiger partial charge is 0.373 e. The van der Waals surface area contributed by atoms with E-state index < -0.39 is 0 Å². The standard InChI is InChI=1S/C13H22N4/c1-9-5-10(2)8-17(7-9)13-15-11(3)6-12(14-4)16-13/h6,9-10H,5,7-8H2,1-4H3,(H,14,15,16)/t9-,10+. The fraction of sp³-hybridized carbons (Fsp3) is 0.692. The smallest absolute Gasteiger partial charge is 0.227 e. The topological polar surface area (TPSA) is 41.1 Å². The van der Waals surface area contributed by atoms with Gasteiger partial charge in [0.25, 0.3) is 0 Å². The molecule has 2 heterocycles. The molecule has 0 spiro atoms. The molecule has 0 aliphatic carbocycles. The summed E-state index contributed by atoms with van der Waals surface area (Å²) in [6.07, 6.45) is 1.31. The number of hydrogen-bond donors (Lipinski definition) is 1. The van der Waals surface area contributed by atoms with E-state index in [1.54, 1.807) is 0 Å². The summed E-state index contributed by atoms with van der Waals surface area (Å²) in [7, 11) is 1.90. The van der Waals surface area contributed by atoms with Crippen LogP contribution in [0.4, 0.5) is 11.8 Å². The molecular formula is C13H22N4. The number of aryl methyl sites for hydroxylation is 1. The van der Waals surface area contributed by atoms with Gasteiger partial charge >= 0.3 is 0 Å². The number of rotatable bonds is 2. The van der Waals surface area contributed by atoms with E-state index >= 15 is 0 Å². The Kier molecular flexibility index (Phi) is 3.50. The molecule has 94 valence electrons. The number of nitrogens with one attached hydrogen (secondary N) is 1. The summed E-state index contributed by atoms with van der Waals surface area (Å²) >= 11 is 0. The van der Waals surface area contributed by atoms with Gasteiger partial charge in [-0.2, -0.15) is 4.98 Å². The SMILES string of the molecule is CNc1cc(C)nc(N2C[C@H](C)C[C@H](C)C2)n1. The molecule has 0 aromatic carbocycles. The molecule has 4 heteroatoms. The molecule has 1 aromatic rings. The van der Waals surface area contributed by atoms with Crippen molar-refractivity contribution in [1.29, 1.82) is 0 Å². The Hall–Kier alpha value is -1.32. The van der Waals surface area contributed by atoms with Gasteiger partial charge < -0.3 is 10.2 Å². The van der Waals surface area contributed by atoms with Crippen LogP contribution in [-0.4, -0.2) is 30.1 Å². The quantitative estimate of drug-likeness (QED) is 0.852. The van der Waals surface area contributed by atoms with Crippen molar-refractivity contribution in [2.24, 2.45) is 11.8 Å². The molecular weight excluding hydrogens is 212 g/mol. The Labute approximate surface area is 103 Å². The van der Waals surface area contributed by atoms with Crippen molar-refractivity contribution in [3.05, 3.63) is 11.8 Å². The predicted molar refractivity (Wildman–Crippen MR) is 71.5 cm³/mol. The van der Waals surface area contributed by atoms with Crippen LogP contribution in [0.2, 0.25) is 0 Å². The molecule has 0 radical (unpaired) electrons. The van der Waals surface area contributed by atoms with Crippen molar-refractivity contribution < 1.29 is 0 Å². The second-order valence-corrected chi connectivity index (χ2v) is 5.30. The van der Waals surface area contributed by atoms with E-state index in [1.165, 1.54) is 6.42 Å². The van der Waals surface area contributed by atoms with Gasteiger partial charge in [-0.05, 0) is 25.2 Å². The highest BCUT2D eigenvalue weighted by Gasteiger charge is 2.23. The molecule has 1 aromatic heterocycles. The van der Waals surface area contributed by atoms with E-state index in [0.29, 0.717) is 0 Å². The number of aromatic nitrogens is 2. The van der Waals surface area contributed by atoms with Gasteiger partial charge in [-0.3, -0.25) is 0 Å². The van der Waals surface area contributed by atoms with Crippen LogP contribution >= 0.6 is 0 Å². The Balaban J connectivity index is 2.23. The molecule has 0 amide bonds. The summed E-state index contributed by atoms with van der Waals surface area (Å²) in [6, 6.07) is 1.97. The Morgan fingerprint density at radius 3 is 2.47 bits per heavy atom. The summed E-state index contributed by atoms with van der Waals surface area (Å²) in [5, 5.41) is 3.09. The normalized spacial score (nSPS) is 24.8. The molecule has 0 bridgehead atoms. The summed E-state index contributed by atoms with van der Waals surface area (Å²) in [4.78, 5) is 11.4. The third kappa shape index (κ3) is 2.87. The molecule has 1 aliphatic rings. The maximum absolute atomic E-state index is 4.55. The average molecular weight is 234 g/mol. The lowest BCUT2D eigenvalue weighted by Gasteiger charge is -2.35. The minimum Gasteiger partial charge on any atom is -0.373 e. The van der Waals surface area contributed by atoms with E-state index in [4.69, 9.17) is 0 Å². The zero-order valence-electron chi connectivity index (χ0n) is 11.2. The summed E-state index contributed by atoms with van der Waals surface area (Å²) < 4.78 is 0. The van der Waals surface area contributed by atoms with Gasteiger partial charge in [-0.25, -0.2) is 4.98 Å². The number of hydrogen-bond acceptors (Lipinski definition) is 4. The lowest BCUT2D eigenvalue weighted by molar-refractivity contribution is 0.353. The van der Waals surface area contributed by atoms with Crippen molar-refractivity contribution >= 4 is 11.8 Å². The van der Waals surface area contributed by atoms with Crippen molar-refractivity contribution in [2.45, 2.75) is 27.2 Å². The fourth-order valence-electron chi connectivity index (χ4n) is 2.65. The Morgan fingerprint density at radius 1 is 1.24 bits per heavy atom. The summed E-state index contributed by atoms with van der Waals surface area (Å²) in [5.74, 6) is 3.22. The second-order valence-electron chi connectivity index (χ2n) is 5.30. The molecule has 1 aliphatic heterocycles. The van der Waals surface area contributed by atoms with Crippen molar-refractivity contribution in [2.75, 3.05) is 30.4 Å². The first-order valence-corrected chi connectivity index (χ1v) is 6.37. The first kappa shape index (κ1) is 12.1. The number of nitrogens with zero attached hydrogens (tertiary/aromatic N) is 3. The fourth-order valence-corrected chi connectivity index (χ4v) is 2.65. The lowest BCUT2D eigenvalue weighted by Crippen LogP contribution is -2.39. The first-order valence-electron chi connectivity index (χ1n) is 6.37. The van der Waals surface area contributed by atoms with Gasteiger partial charge in [-0.15, -0.1) is 0 Å². The zero-order valence-corrected chi connectivity index (χ0v) is 11.2. The van der Waals surface area contributed by atoms with Crippen LogP contribution in [0.3, 0.4) is 0 Å². The highest BCUT2D eigenvalue weighted by atomic mass is 15.3. The van der Waals surface area contributed by atoms with Crippen LogP contribution in [0.25, 0.3) is 0 Å². The molecule has 4 nitrogen and oxygen atoms in total. The van der Waals surface area contributed by atoms with Gasteiger partial charge in [0.15, 0.2) is 0 Å². The highest BCUT2D eigenvalue weighted by molar-refractivity contribution is 5.43. The number of piperidine rings is 1. The third-order valence-electron chi connectivity index (χ3n) is 3.25. The van der Waals surface area contributed by atoms with Crippen LogP contribution in [-0.2, 0) is 0 Å². The maximum atomic E-state index is 4.55. The molecule has 17 heavy (non-hydrogen) atoms. The average Bonchev–Trinajstić information content (AvgIpc) is 2.26. The molecule has 2 rings (SSSR count). The second kappa shape index (κ2) is 4.90. The van der Waals surface area contributed by atoms with E-state index in [-0.39, 0.29) is 0 Å². The van der Waals surface area contributed by atoms with Gasteiger partial charge in [0.05, 0.1) is 0 Å². The van der Waals surface area contributed by atoms with Gasteiger partial charge in [0.2, 0.25) is 5.95 Å². The summed E-state index contributed by atoms with van der Waals surface area (Å²) in [5.41, 5.74) is 1.02.